The van der Waals surface area contributed by atoms with E-state index in [1.807, 2.05) is 60.7 Å². The average Bonchev–Trinajstić information content (AvgIpc) is 2.64. The smallest absolute Gasteiger partial charge is 0.154 e. The standard InChI is InChI=1S/C22H24N2O2/c1-17(25)15-21(19-9-5-3-6-10-19)23-13-14-24-22(16-18(2)26)20-11-7-4-8-12-20/h3-12,15-16,23-24H,13-14H2,1-2H3/b21-15+,22-16+. The van der Waals surface area contributed by atoms with Gasteiger partial charge in [-0.15, -0.1) is 0 Å². The highest BCUT2D eigenvalue weighted by Gasteiger charge is 2.04. The highest BCUT2D eigenvalue weighted by Crippen LogP contribution is 2.12. The van der Waals surface area contributed by atoms with Gasteiger partial charge >= 0.3 is 0 Å². The molecule has 0 bridgehead atoms. The van der Waals surface area contributed by atoms with Crippen molar-refractivity contribution in [1.29, 1.82) is 0 Å². The third-order valence-corrected chi connectivity index (χ3v) is 3.62. The Bertz CT molecular complexity index is 724. The molecule has 2 N–H and O–H groups in total. The number of hydrogen-bond donors (Lipinski definition) is 2. The van der Waals surface area contributed by atoms with Gasteiger partial charge in [0, 0.05) is 36.6 Å². The first kappa shape index (κ1) is 19.2. The van der Waals surface area contributed by atoms with E-state index in [1.54, 1.807) is 12.2 Å². The van der Waals surface area contributed by atoms with Gasteiger partial charge in [-0.2, -0.15) is 0 Å². The summed E-state index contributed by atoms with van der Waals surface area (Å²) in [6.07, 6.45) is 3.19. The molecule has 0 aliphatic rings. The van der Waals surface area contributed by atoms with Crippen LogP contribution in [0.2, 0.25) is 0 Å². The van der Waals surface area contributed by atoms with Gasteiger partial charge < -0.3 is 10.6 Å². The number of allylic oxidation sites excluding steroid dienone is 2. The molecule has 2 aromatic carbocycles. The molecule has 0 heterocycles. The number of rotatable bonds is 9. The lowest BCUT2D eigenvalue weighted by atomic mass is 10.1. The van der Waals surface area contributed by atoms with Gasteiger partial charge in [-0.05, 0) is 25.0 Å². The number of hydrogen-bond acceptors (Lipinski definition) is 4. The van der Waals surface area contributed by atoms with Crippen molar-refractivity contribution >= 4 is 23.0 Å². The fraction of sp³-hybridized carbons (Fsp3) is 0.182. The molecule has 0 radical (unpaired) electrons. The molecule has 4 nitrogen and oxygen atoms in total. The molecule has 0 saturated carbocycles. The van der Waals surface area contributed by atoms with E-state index >= 15 is 0 Å². The molecule has 134 valence electrons. The fourth-order valence-corrected chi connectivity index (χ4v) is 2.51. The Labute approximate surface area is 154 Å². The second-order valence-electron chi connectivity index (χ2n) is 5.92. The zero-order valence-electron chi connectivity index (χ0n) is 15.2. The van der Waals surface area contributed by atoms with E-state index in [1.165, 1.54) is 13.8 Å². The molecule has 0 saturated heterocycles. The molecule has 2 rings (SSSR count). The Balaban J connectivity index is 2.00. The molecule has 0 aliphatic carbocycles. The maximum absolute atomic E-state index is 11.5. The van der Waals surface area contributed by atoms with E-state index in [0.717, 1.165) is 22.5 Å². The maximum Gasteiger partial charge on any atom is 0.154 e. The molecule has 0 aliphatic heterocycles. The van der Waals surface area contributed by atoms with E-state index in [9.17, 15) is 9.59 Å². The minimum Gasteiger partial charge on any atom is -0.383 e. The number of benzene rings is 2. The second-order valence-corrected chi connectivity index (χ2v) is 5.92. The average molecular weight is 348 g/mol. The fourth-order valence-electron chi connectivity index (χ4n) is 2.51. The zero-order chi connectivity index (χ0) is 18.8. The predicted molar refractivity (Wildman–Crippen MR) is 106 cm³/mol. The third-order valence-electron chi connectivity index (χ3n) is 3.62. The molecule has 0 aromatic heterocycles. The Morgan fingerprint density at radius 2 is 1.04 bits per heavy atom. The first-order valence-electron chi connectivity index (χ1n) is 8.59. The zero-order valence-corrected chi connectivity index (χ0v) is 15.2. The van der Waals surface area contributed by atoms with Gasteiger partial charge in [0.15, 0.2) is 11.6 Å². The van der Waals surface area contributed by atoms with Crippen molar-refractivity contribution in [2.75, 3.05) is 13.1 Å². The molecule has 26 heavy (non-hydrogen) atoms. The summed E-state index contributed by atoms with van der Waals surface area (Å²) in [5, 5.41) is 6.59. The van der Waals surface area contributed by atoms with Gasteiger partial charge in [-0.1, -0.05) is 60.7 Å². The largest absolute Gasteiger partial charge is 0.383 e. The van der Waals surface area contributed by atoms with Gasteiger partial charge in [0.25, 0.3) is 0 Å². The second kappa shape index (κ2) is 9.99. The summed E-state index contributed by atoms with van der Waals surface area (Å²) in [5.41, 5.74) is 3.50. The Kier molecular flexibility index (Phi) is 7.37. The summed E-state index contributed by atoms with van der Waals surface area (Å²) >= 11 is 0. The van der Waals surface area contributed by atoms with Crippen LogP contribution >= 0.6 is 0 Å². The van der Waals surface area contributed by atoms with Crippen LogP contribution in [0.25, 0.3) is 11.4 Å². The van der Waals surface area contributed by atoms with Crippen molar-refractivity contribution in [2.24, 2.45) is 0 Å². The SMILES string of the molecule is CC(=O)/C=C(/NCCN/C(=C/C(C)=O)c1ccccc1)c1ccccc1. The van der Waals surface area contributed by atoms with Gasteiger partial charge in [0.1, 0.15) is 0 Å². The molecular formula is C22H24N2O2. The summed E-state index contributed by atoms with van der Waals surface area (Å²) in [4.78, 5) is 23.0. The quantitative estimate of drug-likeness (QED) is 0.538. The molecule has 0 spiro atoms. The maximum atomic E-state index is 11.5. The first-order chi connectivity index (χ1) is 12.6. The number of nitrogens with one attached hydrogen (secondary N) is 2. The van der Waals surface area contributed by atoms with Crippen LogP contribution in [0.15, 0.2) is 72.8 Å². The lowest BCUT2D eigenvalue weighted by Crippen LogP contribution is -2.26. The summed E-state index contributed by atoms with van der Waals surface area (Å²) in [5.74, 6) is -0.0171. The van der Waals surface area contributed by atoms with E-state index in [-0.39, 0.29) is 11.6 Å². The molecular weight excluding hydrogens is 324 g/mol. The van der Waals surface area contributed by atoms with Crippen molar-refractivity contribution < 1.29 is 9.59 Å². The predicted octanol–water partition coefficient (Wildman–Crippen LogP) is 3.43. The van der Waals surface area contributed by atoms with Crippen LogP contribution in [-0.4, -0.2) is 24.7 Å². The first-order valence-corrected chi connectivity index (χ1v) is 8.59. The van der Waals surface area contributed by atoms with E-state index in [0.29, 0.717) is 13.1 Å². The summed E-state index contributed by atoms with van der Waals surface area (Å²) in [6.45, 7) is 4.28. The minimum atomic E-state index is -0.00855. The highest BCUT2D eigenvalue weighted by atomic mass is 16.1. The molecule has 4 heteroatoms. The van der Waals surface area contributed by atoms with Crippen LogP contribution in [0.4, 0.5) is 0 Å². The lowest BCUT2D eigenvalue weighted by molar-refractivity contribution is -0.113. The topological polar surface area (TPSA) is 58.2 Å². The van der Waals surface area contributed by atoms with Gasteiger partial charge in [0.2, 0.25) is 0 Å². The minimum absolute atomic E-state index is 0.00855. The highest BCUT2D eigenvalue weighted by molar-refractivity contribution is 5.95. The van der Waals surface area contributed by atoms with E-state index < -0.39 is 0 Å². The van der Waals surface area contributed by atoms with Gasteiger partial charge in [-0.3, -0.25) is 9.59 Å². The van der Waals surface area contributed by atoms with Crippen LogP contribution in [0.3, 0.4) is 0 Å². The van der Waals surface area contributed by atoms with Gasteiger partial charge in [-0.25, -0.2) is 0 Å². The van der Waals surface area contributed by atoms with Crippen molar-refractivity contribution in [2.45, 2.75) is 13.8 Å². The number of ketones is 2. The molecule has 0 fully saturated rings. The Morgan fingerprint density at radius 1 is 0.692 bits per heavy atom. The third kappa shape index (κ3) is 6.40. The molecule has 0 unspecified atom stereocenters. The van der Waals surface area contributed by atoms with Gasteiger partial charge in [0.05, 0.1) is 0 Å². The summed E-state index contributed by atoms with van der Waals surface area (Å²) in [6, 6.07) is 19.5. The lowest BCUT2D eigenvalue weighted by Gasteiger charge is -2.14. The van der Waals surface area contributed by atoms with Crippen molar-refractivity contribution in [3.8, 4) is 0 Å². The number of carbonyl (C=O) groups excluding carboxylic acids is 2. The molecule has 2 aromatic rings. The van der Waals surface area contributed by atoms with Crippen LogP contribution < -0.4 is 10.6 Å². The van der Waals surface area contributed by atoms with E-state index in [4.69, 9.17) is 0 Å². The summed E-state index contributed by atoms with van der Waals surface area (Å²) < 4.78 is 0. The Hall–Kier alpha value is -3.14. The summed E-state index contributed by atoms with van der Waals surface area (Å²) in [7, 11) is 0. The van der Waals surface area contributed by atoms with Crippen LogP contribution in [0, 0.1) is 0 Å². The van der Waals surface area contributed by atoms with Crippen LogP contribution in [0.5, 0.6) is 0 Å². The normalized spacial score (nSPS) is 11.8. The van der Waals surface area contributed by atoms with E-state index in [2.05, 4.69) is 10.6 Å². The number of carbonyl (C=O) groups is 2. The molecule has 0 amide bonds. The van der Waals surface area contributed by atoms with Crippen molar-refractivity contribution in [1.82, 2.24) is 10.6 Å². The Morgan fingerprint density at radius 3 is 1.35 bits per heavy atom. The van der Waals surface area contributed by atoms with Crippen molar-refractivity contribution in [3.05, 3.63) is 83.9 Å². The van der Waals surface area contributed by atoms with Crippen LogP contribution in [0.1, 0.15) is 25.0 Å². The molecule has 0 atom stereocenters. The van der Waals surface area contributed by atoms with Crippen molar-refractivity contribution in [3.63, 3.8) is 0 Å². The van der Waals surface area contributed by atoms with Crippen LogP contribution in [-0.2, 0) is 9.59 Å². The monoisotopic (exact) mass is 348 g/mol.